The van der Waals surface area contributed by atoms with Crippen molar-refractivity contribution >= 4 is 17.0 Å². The third-order valence-electron chi connectivity index (χ3n) is 10.3. The second kappa shape index (κ2) is 14.9. The van der Waals surface area contributed by atoms with E-state index >= 15 is 0 Å². The van der Waals surface area contributed by atoms with Crippen LogP contribution in [0, 0.1) is 24.7 Å². The summed E-state index contributed by atoms with van der Waals surface area (Å²) in [5, 5.41) is 0. The average molecular weight is 591 g/mol. The molecule has 0 amide bonds. The number of benzene rings is 2. The second-order valence-electron chi connectivity index (χ2n) is 13.6. The number of alkyl halides is 2. The van der Waals surface area contributed by atoms with Gasteiger partial charge in [-0.3, -0.25) is 9.89 Å². The van der Waals surface area contributed by atoms with Crippen molar-refractivity contribution in [3.05, 3.63) is 82.4 Å². The van der Waals surface area contributed by atoms with Crippen LogP contribution < -0.4 is 0 Å². The molecule has 0 aliphatic heterocycles. The predicted molar refractivity (Wildman–Crippen MR) is 183 cm³/mol. The van der Waals surface area contributed by atoms with Gasteiger partial charge in [0.15, 0.2) is 0 Å². The van der Waals surface area contributed by atoms with Crippen LogP contribution in [0.15, 0.2) is 59.6 Å². The fourth-order valence-corrected chi connectivity index (χ4v) is 6.63. The number of nitrogens with zero attached hydrogens (tertiary/aromatic N) is 2. The van der Waals surface area contributed by atoms with Crippen LogP contribution in [-0.2, 0) is 12.8 Å². The Labute approximate surface area is 261 Å². The normalized spacial score (nSPS) is 21.3. The number of aliphatic imine (C=N–C) groups is 1. The molecule has 0 bridgehead atoms. The van der Waals surface area contributed by atoms with Crippen LogP contribution in [0.3, 0.4) is 0 Å². The van der Waals surface area contributed by atoms with E-state index in [0.717, 1.165) is 61.0 Å². The first-order valence-electron chi connectivity index (χ1n) is 16.3. The van der Waals surface area contributed by atoms with E-state index in [4.69, 9.17) is 4.99 Å². The summed E-state index contributed by atoms with van der Waals surface area (Å²) in [5.41, 5.74) is 10.2. The largest absolute Gasteiger partial charge is 0.294 e. The quantitative estimate of drug-likeness (QED) is 0.212. The topological polar surface area (TPSA) is 15.6 Å². The van der Waals surface area contributed by atoms with Gasteiger partial charge in [-0.1, -0.05) is 76.6 Å². The molecule has 1 saturated carbocycles. The number of hydrogen-bond donors (Lipinski definition) is 0. The predicted octanol–water partition coefficient (Wildman–Crippen LogP) is 11.0. The van der Waals surface area contributed by atoms with E-state index in [9.17, 15) is 8.78 Å². The van der Waals surface area contributed by atoms with Crippen LogP contribution in [0.1, 0.15) is 108 Å². The molecule has 2 aromatic carbocycles. The minimum absolute atomic E-state index is 0.0628. The minimum atomic E-state index is -2.37. The Hall–Kier alpha value is -2.59. The molecule has 4 atom stereocenters. The van der Waals surface area contributed by atoms with Crippen molar-refractivity contribution in [3.8, 4) is 0 Å². The Morgan fingerprint density at radius 1 is 1.16 bits per heavy atom. The second-order valence-corrected chi connectivity index (χ2v) is 13.6. The monoisotopic (exact) mass is 590 g/mol. The number of hydrogen-bond acceptors (Lipinski definition) is 2. The zero-order chi connectivity index (χ0) is 32.1. The number of allylic oxidation sites excluding steroid dienone is 1. The molecule has 2 nitrogen and oxygen atoms in total. The molecule has 0 heterocycles. The van der Waals surface area contributed by atoms with Gasteiger partial charge in [0, 0.05) is 29.6 Å². The number of halogens is 2. The lowest BCUT2D eigenvalue weighted by atomic mass is 9.84. The molecule has 3 rings (SSSR count). The molecular formula is C39H56F2N2. The molecule has 0 radical (unpaired) electrons. The summed E-state index contributed by atoms with van der Waals surface area (Å²) in [5.74, 6) is 0.417. The van der Waals surface area contributed by atoms with Gasteiger partial charge in [0.1, 0.15) is 0 Å². The zero-order valence-electron chi connectivity index (χ0n) is 28.5. The Bertz CT molecular complexity index is 1320. The van der Waals surface area contributed by atoms with Crippen LogP contribution in [0.4, 0.5) is 14.5 Å². The molecule has 2 aromatic rings. The van der Waals surface area contributed by atoms with Crippen LogP contribution in [0.2, 0.25) is 0 Å². The fourth-order valence-electron chi connectivity index (χ4n) is 6.63. The number of aryl methyl sites for hydroxylation is 2. The Morgan fingerprint density at radius 2 is 1.86 bits per heavy atom. The van der Waals surface area contributed by atoms with Gasteiger partial charge in [-0.25, -0.2) is 8.78 Å². The summed E-state index contributed by atoms with van der Waals surface area (Å²) in [6.07, 6.45) is 4.72. The van der Waals surface area contributed by atoms with E-state index in [1.54, 1.807) is 6.92 Å². The molecule has 0 saturated heterocycles. The van der Waals surface area contributed by atoms with E-state index in [-0.39, 0.29) is 11.5 Å². The zero-order valence-corrected chi connectivity index (χ0v) is 28.5. The maximum atomic E-state index is 13.9. The molecule has 4 heteroatoms. The molecule has 236 valence electrons. The average Bonchev–Trinajstić information content (AvgIpc) is 3.25. The van der Waals surface area contributed by atoms with Crippen molar-refractivity contribution in [3.63, 3.8) is 0 Å². The highest BCUT2D eigenvalue weighted by molar-refractivity contribution is 5.93. The van der Waals surface area contributed by atoms with Crippen LogP contribution in [-0.4, -0.2) is 36.2 Å². The van der Waals surface area contributed by atoms with Crippen LogP contribution in [0.5, 0.6) is 0 Å². The first-order chi connectivity index (χ1) is 20.2. The minimum Gasteiger partial charge on any atom is -0.294 e. The smallest absolute Gasteiger partial charge is 0.245 e. The standard InChI is InChI=1S/C39H56F2N2/c1-12-15-30-16-14-17-34(29(8)38(40)41)35(30)24-32-22-27(6)33(13-2)37(32)42-36-19-18-31(23-28(36)7)26(5)20-21-43(11)39(9,10)25(3)4/h14,16-20,23,27,29,32-33,38H,3,12-13,15,21-22,24H2,1-2,4-11H3/b26-20+,42-37-. The lowest BCUT2D eigenvalue weighted by Crippen LogP contribution is -2.41. The molecule has 0 N–H and O–H groups in total. The van der Waals surface area contributed by atoms with Gasteiger partial charge in [-0.15, -0.1) is 0 Å². The van der Waals surface area contributed by atoms with Crippen LogP contribution in [0.25, 0.3) is 5.57 Å². The highest BCUT2D eigenvalue weighted by Crippen LogP contribution is 2.41. The Morgan fingerprint density at radius 3 is 2.44 bits per heavy atom. The van der Waals surface area contributed by atoms with E-state index < -0.39 is 12.3 Å². The summed E-state index contributed by atoms with van der Waals surface area (Å²) in [4.78, 5) is 7.70. The lowest BCUT2D eigenvalue weighted by Gasteiger charge is -2.35. The van der Waals surface area contributed by atoms with Gasteiger partial charge in [0.2, 0.25) is 6.43 Å². The Kier molecular flexibility index (Phi) is 12.1. The van der Waals surface area contributed by atoms with E-state index in [1.807, 2.05) is 12.1 Å². The van der Waals surface area contributed by atoms with E-state index in [2.05, 4.69) is 104 Å². The third kappa shape index (κ3) is 8.12. The summed E-state index contributed by atoms with van der Waals surface area (Å²) in [6.45, 7) is 24.3. The first kappa shape index (κ1) is 34.9. The summed E-state index contributed by atoms with van der Waals surface area (Å²) in [7, 11) is 2.14. The molecule has 4 unspecified atom stereocenters. The van der Waals surface area contributed by atoms with Gasteiger partial charge >= 0.3 is 0 Å². The van der Waals surface area contributed by atoms with Crippen molar-refractivity contribution in [2.24, 2.45) is 22.7 Å². The lowest BCUT2D eigenvalue weighted by molar-refractivity contribution is 0.120. The van der Waals surface area contributed by atoms with E-state index in [1.165, 1.54) is 28.0 Å². The molecule has 1 aliphatic rings. The summed E-state index contributed by atoms with van der Waals surface area (Å²) >= 11 is 0. The van der Waals surface area contributed by atoms with Crippen molar-refractivity contribution in [2.45, 2.75) is 112 Å². The first-order valence-corrected chi connectivity index (χ1v) is 16.3. The highest BCUT2D eigenvalue weighted by Gasteiger charge is 2.37. The van der Waals surface area contributed by atoms with Crippen molar-refractivity contribution in [2.75, 3.05) is 13.6 Å². The highest BCUT2D eigenvalue weighted by atomic mass is 19.3. The van der Waals surface area contributed by atoms with Crippen molar-refractivity contribution in [1.29, 1.82) is 0 Å². The number of likely N-dealkylation sites (N-methyl/N-ethyl adjacent to an activating group) is 1. The number of rotatable bonds is 13. The van der Waals surface area contributed by atoms with Crippen molar-refractivity contribution < 1.29 is 8.78 Å². The van der Waals surface area contributed by atoms with Gasteiger partial charge in [-0.2, -0.15) is 0 Å². The maximum Gasteiger partial charge on any atom is 0.245 e. The van der Waals surface area contributed by atoms with Gasteiger partial charge in [0.25, 0.3) is 0 Å². The van der Waals surface area contributed by atoms with Gasteiger partial charge in [-0.05, 0) is 125 Å². The fraction of sp³-hybridized carbons (Fsp3) is 0.564. The molecule has 43 heavy (non-hydrogen) atoms. The summed E-state index contributed by atoms with van der Waals surface area (Å²) in [6, 6.07) is 12.6. The SMILES string of the molecule is C=C(C)C(C)(C)N(C)C/C=C(\C)c1ccc(/N=C2/C(Cc3c(CCC)cccc3C(C)C(F)F)CC(C)C2CC)c(C)c1. The third-order valence-corrected chi connectivity index (χ3v) is 10.3. The summed E-state index contributed by atoms with van der Waals surface area (Å²) < 4.78 is 27.9. The molecular weight excluding hydrogens is 534 g/mol. The maximum absolute atomic E-state index is 13.9. The molecule has 1 fully saturated rings. The van der Waals surface area contributed by atoms with Gasteiger partial charge < -0.3 is 0 Å². The van der Waals surface area contributed by atoms with Gasteiger partial charge in [0.05, 0.1) is 5.69 Å². The van der Waals surface area contributed by atoms with Crippen molar-refractivity contribution in [1.82, 2.24) is 4.90 Å². The molecule has 1 aliphatic carbocycles. The Balaban J connectivity index is 1.95. The molecule has 0 spiro atoms. The van der Waals surface area contributed by atoms with E-state index in [0.29, 0.717) is 11.8 Å². The molecule has 0 aromatic heterocycles. The van der Waals surface area contributed by atoms with Crippen LogP contribution >= 0.6 is 0 Å².